The molecule has 0 radical (unpaired) electrons. The molecule has 3 aromatic rings. The molecule has 0 N–H and O–H groups in total. The average molecular weight is 382 g/mol. The number of ether oxygens (including phenoxy) is 1. The number of halogens is 1. The minimum Gasteiger partial charge on any atom is -0.470 e. The van der Waals surface area contributed by atoms with Gasteiger partial charge in [-0.25, -0.2) is 4.98 Å². The predicted molar refractivity (Wildman–Crippen MR) is 98.2 cm³/mol. The number of likely N-dealkylation sites (tertiary alicyclic amines) is 1. The van der Waals surface area contributed by atoms with E-state index in [0.29, 0.717) is 37.4 Å². The molecule has 0 spiro atoms. The van der Waals surface area contributed by atoms with Crippen LogP contribution in [0.3, 0.4) is 0 Å². The number of nitrogens with zero attached hydrogens (tertiary/aromatic N) is 4. The number of carbonyl (C=O) groups excluding carboxylic acids is 1. The molecular weight excluding hydrogens is 363 g/mol. The molecule has 4 rings (SSSR count). The molecule has 1 atom stereocenters. The zero-order chi connectivity index (χ0) is 19.5. The topological polar surface area (TPSA) is 81.4 Å². The average Bonchev–Trinajstić information content (AvgIpc) is 3.40. The third kappa shape index (κ3) is 3.58. The van der Waals surface area contributed by atoms with Gasteiger partial charge in [-0.3, -0.25) is 4.79 Å². The first-order chi connectivity index (χ1) is 13.7. The summed E-state index contributed by atoms with van der Waals surface area (Å²) in [6.45, 7) is 2.63. The second-order valence-corrected chi connectivity index (χ2v) is 6.52. The molecule has 3 heterocycles. The number of benzene rings is 1. The molecule has 144 valence electrons. The van der Waals surface area contributed by atoms with Gasteiger partial charge < -0.3 is 14.2 Å². The fraction of sp³-hybridized carbons (Fsp3) is 0.300. The fourth-order valence-corrected chi connectivity index (χ4v) is 3.16. The van der Waals surface area contributed by atoms with E-state index in [0.717, 1.165) is 5.56 Å². The van der Waals surface area contributed by atoms with Crippen molar-refractivity contribution in [2.24, 2.45) is 0 Å². The SMILES string of the molecule is CCc1ncnc(O[C@H]2CCN(C(=O)c3cc(-c4ccccc4)on3)C2)c1F. The summed E-state index contributed by atoms with van der Waals surface area (Å²) in [7, 11) is 0. The van der Waals surface area contributed by atoms with Gasteiger partial charge in [-0.1, -0.05) is 42.4 Å². The molecule has 0 aliphatic carbocycles. The van der Waals surface area contributed by atoms with Crippen LogP contribution in [0.5, 0.6) is 5.88 Å². The molecule has 7 nitrogen and oxygen atoms in total. The minimum atomic E-state index is -0.543. The second kappa shape index (κ2) is 7.75. The van der Waals surface area contributed by atoms with Gasteiger partial charge in [-0.15, -0.1) is 0 Å². The van der Waals surface area contributed by atoms with E-state index in [-0.39, 0.29) is 23.6 Å². The number of carbonyl (C=O) groups is 1. The Morgan fingerprint density at radius 3 is 2.93 bits per heavy atom. The lowest BCUT2D eigenvalue weighted by Crippen LogP contribution is -2.31. The molecule has 0 bridgehead atoms. The maximum Gasteiger partial charge on any atom is 0.276 e. The first kappa shape index (κ1) is 18.1. The van der Waals surface area contributed by atoms with Crippen LogP contribution in [-0.2, 0) is 6.42 Å². The van der Waals surface area contributed by atoms with Crippen LogP contribution in [0.4, 0.5) is 4.39 Å². The summed E-state index contributed by atoms with van der Waals surface area (Å²) < 4.78 is 25.2. The minimum absolute atomic E-state index is 0.0704. The zero-order valence-electron chi connectivity index (χ0n) is 15.3. The molecule has 28 heavy (non-hydrogen) atoms. The van der Waals surface area contributed by atoms with Crippen molar-refractivity contribution in [1.82, 2.24) is 20.0 Å². The standard InChI is InChI=1S/C20H19FN4O3/c1-2-15-18(21)19(23-12-22-15)27-14-8-9-25(11-14)20(26)16-10-17(28-24-16)13-6-4-3-5-7-13/h3-7,10,12,14H,2,8-9,11H2,1H3/t14-/m0/s1. The van der Waals surface area contributed by atoms with Crippen molar-refractivity contribution < 1.29 is 18.4 Å². The Morgan fingerprint density at radius 2 is 2.14 bits per heavy atom. The summed E-state index contributed by atoms with van der Waals surface area (Å²) in [6.07, 6.45) is 1.99. The molecule has 1 aliphatic heterocycles. The Kier molecular flexibility index (Phi) is 5.01. The van der Waals surface area contributed by atoms with Gasteiger partial charge in [0.2, 0.25) is 5.82 Å². The van der Waals surface area contributed by atoms with Gasteiger partial charge >= 0.3 is 0 Å². The van der Waals surface area contributed by atoms with Gasteiger partial charge in [0.25, 0.3) is 11.8 Å². The zero-order valence-corrected chi connectivity index (χ0v) is 15.3. The van der Waals surface area contributed by atoms with E-state index in [9.17, 15) is 9.18 Å². The largest absolute Gasteiger partial charge is 0.470 e. The number of amides is 1. The smallest absolute Gasteiger partial charge is 0.276 e. The second-order valence-electron chi connectivity index (χ2n) is 6.52. The van der Waals surface area contributed by atoms with Gasteiger partial charge in [-0.05, 0) is 6.42 Å². The molecule has 1 amide bonds. The molecule has 8 heteroatoms. The van der Waals surface area contributed by atoms with Gasteiger partial charge in [0.1, 0.15) is 12.4 Å². The number of rotatable bonds is 5. The van der Waals surface area contributed by atoms with Crippen molar-refractivity contribution in [3.8, 4) is 17.2 Å². The summed E-state index contributed by atoms with van der Waals surface area (Å²) in [5.74, 6) is -0.321. The van der Waals surface area contributed by atoms with E-state index in [4.69, 9.17) is 9.26 Å². The van der Waals surface area contributed by atoms with E-state index in [2.05, 4.69) is 15.1 Å². The predicted octanol–water partition coefficient (Wildman–Crippen LogP) is 3.13. The van der Waals surface area contributed by atoms with Crippen LogP contribution in [0.1, 0.15) is 29.5 Å². The quantitative estimate of drug-likeness (QED) is 0.674. The summed E-state index contributed by atoms with van der Waals surface area (Å²) in [5.41, 5.74) is 1.40. The number of aromatic nitrogens is 3. The van der Waals surface area contributed by atoms with Crippen molar-refractivity contribution in [3.05, 3.63) is 59.9 Å². The third-order valence-corrected chi connectivity index (χ3v) is 4.66. The maximum absolute atomic E-state index is 14.3. The van der Waals surface area contributed by atoms with Crippen molar-refractivity contribution in [2.45, 2.75) is 25.9 Å². The fourth-order valence-electron chi connectivity index (χ4n) is 3.16. The van der Waals surface area contributed by atoms with Gasteiger partial charge in [0, 0.05) is 24.6 Å². The highest BCUT2D eigenvalue weighted by Crippen LogP contribution is 2.24. The van der Waals surface area contributed by atoms with Crippen LogP contribution >= 0.6 is 0 Å². The first-order valence-corrected chi connectivity index (χ1v) is 9.13. The number of hydrogen-bond acceptors (Lipinski definition) is 6. The Hall–Kier alpha value is -3.29. The third-order valence-electron chi connectivity index (χ3n) is 4.66. The lowest BCUT2D eigenvalue weighted by molar-refractivity contribution is 0.0759. The Balaban J connectivity index is 1.42. The highest BCUT2D eigenvalue weighted by molar-refractivity contribution is 5.93. The monoisotopic (exact) mass is 382 g/mol. The summed E-state index contributed by atoms with van der Waals surface area (Å²) >= 11 is 0. The molecule has 1 aromatic carbocycles. The maximum atomic E-state index is 14.3. The Morgan fingerprint density at radius 1 is 1.32 bits per heavy atom. The van der Waals surface area contributed by atoms with Crippen LogP contribution in [-0.4, -0.2) is 45.1 Å². The van der Waals surface area contributed by atoms with Crippen LogP contribution in [0.25, 0.3) is 11.3 Å². The van der Waals surface area contributed by atoms with Crippen LogP contribution in [0, 0.1) is 5.82 Å². The van der Waals surface area contributed by atoms with Crippen LogP contribution in [0.15, 0.2) is 47.2 Å². The van der Waals surface area contributed by atoms with Crippen molar-refractivity contribution in [1.29, 1.82) is 0 Å². The Bertz CT molecular complexity index is 977. The molecule has 1 aliphatic rings. The van der Waals surface area contributed by atoms with Gasteiger partial charge in [0.15, 0.2) is 11.5 Å². The lowest BCUT2D eigenvalue weighted by Gasteiger charge is -2.16. The number of aryl methyl sites for hydroxylation is 1. The molecule has 2 aromatic heterocycles. The highest BCUT2D eigenvalue weighted by atomic mass is 19.1. The first-order valence-electron chi connectivity index (χ1n) is 9.13. The van der Waals surface area contributed by atoms with Gasteiger partial charge in [-0.2, -0.15) is 9.37 Å². The molecule has 0 unspecified atom stereocenters. The van der Waals surface area contributed by atoms with E-state index in [1.807, 2.05) is 37.3 Å². The van der Waals surface area contributed by atoms with Crippen molar-refractivity contribution in [3.63, 3.8) is 0 Å². The molecule has 1 saturated heterocycles. The van der Waals surface area contributed by atoms with Crippen LogP contribution in [0.2, 0.25) is 0 Å². The van der Waals surface area contributed by atoms with E-state index < -0.39 is 5.82 Å². The molecule has 1 fully saturated rings. The van der Waals surface area contributed by atoms with Crippen molar-refractivity contribution >= 4 is 5.91 Å². The van der Waals surface area contributed by atoms with E-state index in [1.54, 1.807) is 11.0 Å². The highest BCUT2D eigenvalue weighted by Gasteiger charge is 2.31. The summed E-state index contributed by atoms with van der Waals surface area (Å²) in [4.78, 5) is 22.1. The Labute approximate surface area is 161 Å². The van der Waals surface area contributed by atoms with Crippen molar-refractivity contribution in [2.75, 3.05) is 13.1 Å². The number of hydrogen-bond donors (Lipinski definition) is 0. The summed E-state index contributed by atoms with van der Waals surface area (Å²) in [5, 5.41) is 3.90. The summed E-state index contributed by atoms with van der Waals surface area (Å²) in [6, 6.07) is 11.1. The van der Waals surface area contributed by atoms with Gasteiger partial charge in [0.05, 0.1) is 12.2 Å². The van der Waals surface area contributed by atoms with Crippen LogP contribution < -0.4 is 4.74 Å². The van der Waals surface area contributed by atoms with E-state index >= 15 is 0 Å². The van der Waals surface area contributed by atoms with E-state index in [1.165, 1.54) is 6.33 Å². The normalized spacial score (nSPS) is 16.4. The molecular formula is C20H19FN4O3. The lowest BCUT2D eigenvalue weighted by atomic mass is 10.1. The molecule has 0 saturated carbocycles.